The molecule has 13 heavy (non-hydrogen) atoms. The summed E-state index contributed by atoms with van der Waals surface area (Å²) in [4.78, 5) is 0.165. The SMILES string of the molecule is COc1ccc([SH](=O)=O)c(OC)c1. The lowest BCUT2D eigenvalue weighted by Crippen LogP contribution is -1.91. The molecular formula is C8H10O4S. The lowest BCUT2D eigenvalue weighted by Gasteiger charge is -2.05. The molecule has 0 aliphatic heterocycles. The summed E-state index contributed by atoms with van der Waals surface area (Å²) in [6.07, 6.45) is 0. The average Bonchev–Trinajstić information content (AvgIpc) is 2.16. The van der Waals surface area contributed by atoms with Crippen LogP contribution in [0.2, 0.25) is 0 Å². The molecule has 5 heteroatoms. The quantitative estimate of drug-likeness (QED) is 0.732. The van der Waals surface area contributed by atoms with Gasteiger partial charge in [-0.2, -0.15) is 0 Å². The fourth-order valence-corrected chi connectivity index (χ4v) is 1.47. The van der Waals surface area contributed by atoms with Crippen molar-refractivity contribution in [3.05, 3.63) is 18.2 Å². The van der Waals surface area contributed by atoms with E-state index in [1.165, 1.54) is 26.4 Å². The van der Waals surface area contributed by atoms with Gasteiger partial charge < -0.3 is 9.47 Å². The van der Waals surface area contributed by atoms with Crippen LogP contribution in [0.1, 0.15) is 0 Å². The van der Waals surface area contributed by atoms with Crippen molar-refractivity contribution < 1.29 is 17.9 Å². The van der Waals surface area contributed by atoms with E-state index in [9.17, 15) is 8.42 Å². The van der Waals surface area contributed by atoms with Gasteiger partial charge in [0.15, 0.2) is 10.7 Å². The molecule has 0 spiro atoms. The van der Waals surface area contributed by atoms with E-state index < -0.39 is 10.7 Å². The van der Waals surface area contributed by atoms with Crippen LogP contribution in [0, 0.1) is 0 Å². The molecule has 1 rings (SSSR count). The van der Waals surface area contributed by atoms with Gasteiger partial charge in [-0.3, -0.25) is 0 Å². The number of benzene rings is 1. The second kappa shape index (κ2) is 4.13. The van der Waals surface area contributed by atoms with Crippen molar-refractivity contribution in [2.24, 2.45) is 0 Å². The molecule has 0 radical (unpaired) electrons. The van der Waals surface area contributed by atoms with Crippen molar-refractivity contribution in [3.63, 3.8) is 0 Å². The number of rotatable bonds is 3. The molecule has 0 saturated carbocycles. The second-order valence-electron chi connectivity index (χ2n) is 2.29. The predicted octanol–water partition coefficient (Wildman–Crippen LogP) is 0.674. The van der Waals surface area contributed by atoms with Gasteiger partial charge in [-0.25, -0.2) is 8.42 Å². The first-order valence-corrected chi connectivity index (χ1v) is 4.73. The first-order chi connectivity index (χ1) is 6.19. The van der Waals surface area contributed by atoms with Crippen molar-refractivity contribution in [1.29, 1.82) is 0 Å². The van der Waals surface area contributed by atoms with Crippen LogP contribution in [0.15, 0.2) is 23.1 Å². The molecule has 0 atom stereocenters. The van der Waals surface area contributed by atoms with E-state index in [4.69, 9.17) is 9.47 Å². The highest BCUT2D eigenvalue weighted by Crippen LogP contribution is 2.25. The highest BCUT2D eigenvalue weighted by molar-refractivity contribution is 7.72. The molecule has 0 N–H and O–H groups in total. The standard InChI is InChI=1S/C8H10O4S/c1-11-6-3-4-8(13(9)10)7(5-6)12-2/h3-5,13H,1-2H3. The topological polar surface area (TPSA) is 52.6 Å². The maximum atomic E-state index is 10.7. The minimum atomic E-state index is -2.62. The molecule has 0 amide bonds. The van der Waals surface area contributed by atoms with Crippen LogP contribution < -0.4 is 9.47 Å². The molecule has 0 bridgehead atoms. The molecule has 0 fully saturated rings. The van der Waals surface area contributed by atoms with Gasteiger partial charge in [0, 0.05) is 6.07 Å². The number of ether oxygens (including phenoxy) is 2. The molecule has 0 aromatic heterocycles. The van der Waals surface area contributed by atoms with E-state index >= 15 is 0 Å². The lowest BCUT2D eigenvalue weighted by molar-refractivity contribution is 0.386. The monoisotopic (exact) mass is 202 g/mol. The van der Waals surface area contributed by atoms with Gasteiger partial charge in [-0.05, 0) is 12.1 Å². The minimum Gasteiger partial charge on any atom is -0.497 e. The highest BCUT2D eigenvalue weighted by Gasteiger charge is 2.05. The molecule has 0 aliphatic rings. The Morgan fingerprint density at radius 2 is 1.85 bits per heavy atom. The zero-order chi connectivity index (χ0) is 9.84. The summed E-state index contributed by atoms with van der Waals surface area (Å²) in [7, 11) is 0.299. The molecule has 4 nitrogen and oxygen atoms in total. The Morgan fingerprint density at radius 1 is 1.15 bits per heavy atom. The van der Waals surface area contributed by atoms with E-state index in [0.29, 0.717) is 11.5 Å². The summed E-state index contributed by atoms with van der Waals surface area (Å²) in [5.41, 5.74) is 0. The second-order valence-corrected chi connectivity index (χ2v) is 3.29. The molecule has 0 unspecified atom stereocenters. The minimum absolute atomic E-state index is 0.165. The molecule has 72 valence electrons. The molecule has 0 heterocycles. The third-order valence-corrected chi connectivity index (χ3v) is 2.35. The molecule has 1 aromatic rings. The van der Waals surface area contributed by atoms with Crippen molar-refractivity contribution in [2.45, 2.75) is 4.90 Å². The number of thiol groups is 1. The summed E-state index contributed by atoms with van der Waals surface area (Å²) in [6, 6.07) is 4.55. The summed E-state index contributed by atoms with van der Waals surface area (Å²) in [6.45, 7) is 0. The van der Waals surface area contributed by atoms with E-state index in [1.54, 1.807) is 6.07 Å². The first kappa shape index (κ1) is 9.85. The Labute approximate surface area is 78.0 Å². The van der Waals surface area contributed by atoms with E-state index in [1.807, 2.05) is 0 Å². The van der Waals surface area contributed by atoms with Gasteiger partial charge >= 0.3 is 0 Å². The summed E-state index contributed by atoms with van der Waals surface area (Å²) in [5.74, 6) is 0.868. The zero-order valence-electron chi connectivity index (χ0n) is 7.31. The smallest absolute Gasteiger partial charge is 0.171 e. The first-order valence-electron chi connectivity index (χ1n) is 3.55. The number of hydrogen-bond donors (Lipinski definition) is 1. The van der Waals surface area contributed by atoms with Crippen LogP contribution in [0.3, 0.4) is 0 Å². The Morgan fingerprint density at radius 3 is 2.31 bits per heavy atom. The Bertz CT molecular complexity index is 362. The third-order valence-electron chi connectivity index (χ3n) is 1.58. The maximum Gasteiger partial charge on any atom is 0.171 e. The van der Waals surface area contributed by atoms with Crippen molar-refractivity contribution in [2.75, 3.05) is 14.2 Å². The van der Waals surface area contributed by atoms with Crippen molar-refractivity contribution in [3.8, 4) is 11.5 Å². The summed E-state index contributed by atoms with van der Waals surface area (Å²) in [5, 5.41) is 0. The van der Waals surface area contributed by atoms with Crippen molar-refractivity contribution in [1.82, 2.24) is 0 Å². The number of hydrogen-bond acceptors (Lipinski definition) is 4. The molecule has 1 aromatic carbocycles. The van der Waals surface area contributed by atoms with Crippen molar-refractivity contribution >= 4 is 10.7 Å². The van der Waals surface area contributed by atoms with E-state index in [-0.39, 0.29) is 4.90 Å². The lowest BCUT2D eigenvalue weighted by atomic mass is 10.3. The zero-order valence-corrected chi connectivity index (χ0v) is 8.21. The molecular weight excluding hydrogens is 192 g/mol. The number of methoxy groups -OCH3 is 2. The van der Waals surface area contributed by atoms with Crippen LogP contribution in [0.4, 0.5) is 0 Å². The van der Waals surface area contributed by atoms with Crippen LogP contribution in [-0.4, -0.2) is 22.6 Å². The van der Waals surface area contributed by atoms with Crippen LogP contribution in [0.25, 0.3) is 0 Å². The van der Waals surface area contributed by atoms with Gasteiger partial charge in [0.05, 0.1) is 14.2 Å². The highest BCUT2D eigenvalue weighted by atomic mass is 32.2. The Hall–Kier alpha value is -1.23. The molecule has 0 saturated heterocycles. The van der Waals surface area contributed by atoms with Gasteiger partial charge in [0.2, 0.25) is 0 Å². The van der Waals surface area contributed by atoms with Crippen LogP contribution in [0.5, 0.6) is 11.5 Å². The fraction of sp³-hybridized carbons (Fsp3) is 0.250. The largest absolute Gasteiger partial charge is 0.497 e. The van der Waals surface area contributed by atoms with Gasteiger partial charge in [-0.15, -0.1) is 0 Å². The van der Waals surface area contributed by atoms with E-state index in [0.717, 1.165) is 0 Å². The van der Waals surface area contributed by atoms with Crippen LogP contribution >= 0.6 is 0 Å². The van der Waals surface area contributed by atoms with Gasteiger partial charge in [-0.1, -0.05) is 0 Å². The Balaban J connectivity index is 3.23. The molecule has 0 aliphatic carbocycles. The average molecular weight is 202 g/mol. The van der Waals surface area contributed by atoms with Gasteiger partial charge in [0.25, 0.3) is 0 Å². The third kappa shape index (κ3) is 2.12. The van der Waals surface area contributed by atoms with Gasteiger partial charge in [0.1, 0.15) is 16.4 Å². The van der Waals surface area contributed by atoms with Crippen LogP contribution in [-0.2, 0) is 10.7 Å². The summed E-state index contributed by atoms with van der Waals surface area (Å²) < 4.78 is 31.2. The predicted molar refractivity (Wildman–Crippen MR) is 48.1 cm³/mol. The van der Waals surface area contributed by atoms with E-state index in [2.05, 4.69) is 0 Å². The fourth-order valence-electron chi connectivity index (χ4n) is 0.936. The summed E-state index contributed by atoms with van der Waals surface area (Å²) >= 11 is 0. The Kier molecular flexibility index (Phi) is 3.13. The normalized spacial score (nSPS) is 10.1. The maximum absolute atomic E-state index is 10.7.